The summed E-state index contributed by atoms with van der Waals surface area (Å²) >= 11 is 0. The van der Waals surface area contributed by atoms with Crippen LogP contribution in [0.2, 0.25) is 0 Å². The molecule has 0 radical (unpaired) electrons. The molecule has 1 aromatic rings. The lowest BCUT2D eigenvalue weighted by Crippen LogP contribution is -2.40. The van der Waals surface area contributed by atoms with Crippen LogP contribution in [0.3, 0.4) is 0 Å². The van der Waals surface area contributed by atoms with Crippen molar-refractivity contribution in [2.24, 2.45) is 0 Å². The van der Waals surface area contributed by atoms with Gasteiger partial charge in [0.15, 0.2) is 11.5 Å². The molecule has 1 aromatic carbocycles. The summed E-state index contributed by atoms with van der Waals surface area (Å²) in [5, 5.41) is 21.7. The summed E-state index contributed by atoms with van der Waals surface area (Å²) in [5.74, 6) is 1.55. The number of fused-ring (bicyclic) bond motifs is 1. The predicted octanol–water partition coefficient (Wildman–Crippen LogP) is 0.681. The molecule has 0 amide bonds. The zero-order valence-corrected chi connectivity index (χ0v) is 11.2. The lowest BCUT2D eigenvalue weighted by Gasteiger charge is -2.20. The van der Waals surface area contributed by atoms with Crippen molar-refractivity contribution >= 4 is 0 Å². The van der Waals surface area contributed by atoms with Crippen molar-refractivity contribution in [1.82, 2.24) is 5.32 Å². The normalized spacial score (nSPS) is 17.6. The van der Waals surface area contributed by atoms with E-state index in [1.165, 1.54) is 0 Å². The molecule has 5 heteroatoms. The number of aliphatic hydroxyl groups excluding tert-OH is 1. The van der Waals surface area contributed by atoms with Gasteiger partial charge in [-0.3, -0.25) is 0 Å². The molecule has 106 valence electrons. The number of hydrogen-bond acceptors (Lipinski definition) is 5. The summed E-state index contributed by atoms with van der Waals surface area (Å²) < 4.78 is 11.2. The summed E-state index contributed by atoms with van der Waals surface area (Å²) in [5.41, 5.74) is -0.0383. The molecular weight excluding hydrogens is 246 g/mol. The van der Waals surface area contributed by atoms with Gasteiger partial charge in [-0.1, -0.05) is 6.07 Å². The first-order valence-corrected chi connectivity index (χ1v) is 6.53. The highest BCUT2D eigenvalue weighted by molar-refractivity contribution is 5.43. The third-order valence-corrected chi connectivity index (χ3v) is 2.99. The highest BCUT2D eigenvalue weighted by atomic mass is 16.5. The molecule has 5 nitrogen and oxygen atoms in total. The molecule has 0 aliphatic carbocycles. The first-order chi connectivity index (χ1) is 9.11. The van der Waals surface area contributed by atoms with Gasteiger partial charge in [-0.2, -0.15) is 0 Å². The van der Waals surface area contributed by atoms with Crippen LogP contribution >= 0.6 is 0 Å². The largest absolute Gasteiger partial charge is 0.490 e. The van der Waals surface area contributed by atoms with E-state index in [2.05, 4.69) is 5.32 Å². The third kappa shape index (κ3) is 4.09. The van der Waals surface area contributed by atoms with Crippen molar-refractivity contribution in [1.29, 1.82) is 0 Å². The lowest BCUT2D eigenvalue weighted by atomic mass is 10.1. The minimum absolute atomic E-state index is 0.263. The molecule has 0 fully saturated rings. The van der Waals surface area contributed by atoms with E-state index in [1.807, 2.05) is 18.2 Å². The van der Waals surface area contributed by atoms with E-state index in [4.69, 9.17) is 14.6 Å². The van der Waals surface area contributed by atoms with Crippen LogP contribution in [0.15, 0.2) is 18.2 Å². The Labute approximate surface area is 113 Å². The fraction of sp³-hybridized carbons (Fsp3) is 0.571. The molecule has 19 heavy (non-hydrogen) atoms. The molecule has 0 aromatic heterocycles. The first kappa shape index (κ1) is 14.1. The van der Waals surface area contributed by atoms with E-state index in [1.54, 1.807) is 6.92 Å². The standard InChI is InChI=1S/C14H21NO4/c1-14(17,10-16)9-15-8-11-3-4-12-13(7-11)19-6-2-5-18-12/h3-4,7,15-17H,2,5-6,8-10H2,1H3. The van der Waals surface area contributed by atoms with Gasteiger partial charge in [0.25, 0.3) is 0 Å². The van der Waals surface area contributed by atoms with Gasteiger partial charge in [0.1, 0.15) is 0 Å². The molecule has 0 saturated heterocycles. The fourth-order valence-electron chi connectivity index (χ4n) is 1.85. The Morgan fingerprint density at radius 3 is 2.74 bits per heavy atom. The number of nitrogens with one attached hydrogen (secondary N) is 1. The monoisotopic (exact) mass is 267 g/mol. The van der Waals surface area contributed by atoms with Gasteiger partial charge in [-0.25, -0.2) is 0 Å². The Kier molecular flexibility index (Phi) is 4.63. The Bertz CT molecular complexity index is 420. The van der Waals surface area contributed by atoms with Gasteiger partial charge in [-0.15, -0.1) is 0 Å². The fourth-order valence-corrected chi connectivity index (χ4v) is 1.85. The smallest absolute Gasteiger partial charge is 0.161 e. The van der Waals surface area contributed by atoms with Crippen LogP contribution in [-0.2, 0) is 6.54 Å². The zero-order chi connectivity index (χ0) is 13.7. The molecule has 3 N–H and O–H groups in total. The maximum Gasteiger partial charge on any atom is 0.161 e. The summed E-state index contributed by atoms with van der Waals surface area (Å²) in [6, 6.07) is 5.82. The Hall–Kier alpha value is -1.30. The molecule has 2 rings (SSSR count). The topological polar surface area (TPSA) is 71.0 Å². The van der Waals surface area contributed by atoms with Crippen molar-refractivity contribution in [3.63, 3.8) is 0 Å². The second kappa shape index (κ2) is 6.23. The molecule has 1 unspecified atom stereocenters. The minimum atomic E-state index is -1.09. The van der Waals surface area contributed by atoms with Crippen LogP contribution in [0.5, 0.6) is 11.5 Å². The summed E-state index contributed by atoms with van der Waals surface area (Å²) in [7, 11) is 0. The quantitative estimate of drug-likeness (QED) is 0.732. The SMILES string of the molecule is CC(O)(CO)CNCc1ccc2c(c1)OCCCO2. The Balaban J connectivity index is 1.93. The predicted molar refractivity (Wildman–Crippen MR) is 71.5 cm³/mol. The van der Waals surface area contributed by atoms with E-state index in [9.17, 15) is 5.11 Å². The Morgan fingerprint density at radius 1 is 1.26 bits per heavy atom. The van der Waals surface area contributed by atoms with Crippen molar-refractivity contribution < 1.29 is 19.7 Å². The number of ether oxygens (including phenoxy) is 2. The van der Waals surface area contributed by atoms with Crippen LogP contribution in [-0.4, -0.2) is 42.2 Å². The minimum Gasteiger partial charge on any atom is -0.490 e. The highest BCUT2D eigenvalue weighted by Crippen LogP contribution is 2.30. The van der Waals surface area contributed by atoms with Crippen molar-refractivity contribution in [3.8, 4) is 11.5 Å². The van der Waals surface area contributed by atoms with Crippen LogP contribution in [0.25, 0.3) is 0 Å². The van der Waals surface area contributed by atoms with Gasteiger partial charge in [0.05, 0.1) is 25.4 Å². The van der Waals surface area contributed by atoms with Gasteiger partial charge < -0.3 is 25.0 Å². The van der Waals surface area contributed by atoms with Crippen LogP contribution in [0, 0.1) is 0 Å². The molecule has 1 aliphatic heterocycles. The number of benzene rings is 1. The van der Waals surface area contributed by atoms with Gasteiger partial charge in [0, 0.05) is 19.5 Å². The molecule has 1 heterocycles. The molecule has 1 atom stereocenters. The molecule has 0 spiro atoms. The molecular formula is C14H21NO4. The first-order valence-electron chi connectivity index (χ1n) is 6.53. The van der Waals surface area contributed by atoms with Crippen molar-refractivity contribution in [3.05, 3.63) is 23.8 Å². The average Bonchev–Trinajstić information content (AvgIpc) is 2.63. The molecule has 0 bridgehead atoms. The lowest BCUT2D eigenvalue weighted by molar-refractivity contribution is 0.00253. The van der Waals surface area contributed by atoms with E-state index in [0.29, 0.717) is 26.3 Å². The molecule has 0 saturated carbocycles. The zero-order valence-electron chi connectivity index (χ0n) is 11.2. The maximum absolute atomic E-state index is 9.67. The number of rotatable bonds is 5. The van der Waals surface area contributed by atoms with Crippen LogP contribution < -0.4 is 14.8 Å². The average molecular weight is 267 g/mol. The Morgan fingerprint density at radius 2 is 2.00 bits per heavy atom. The number of aliphatic hydroxyl groups is 2. The summed E-state index contributed by atoms with van der Waals surface area (Å²) in [6.07, 6.45) is 0.891. The highest BCUT2D eigenvalue weighted by Gasteiger charge is 2.18. The summed E-state index contributed by atoms with van der Waals surface area (Å²) in [4.78, 5) is 0. The van der Waals surface area contributed by atoms with Crippen LogP contribution in [0.1, 0.15) is 18.9 Å². The summed E-state index contributed by atoms with van der Waals surface area (Å²) in [6.45, 7) is 3.62. The second-order valence-corrected chi connectivity index (χ2v) is 5.09. The van der Waals surface area contributed by atoms with E-state index in [0.717, 1.165) is 23.5 Å². The second-order valence-electron chi connectivity index (χ2n) is 5.09. The van der Waals surface area contributed by atoms with Gasteiger partial charge in [0.2, 0.25) is 0 Å². The van der Waals surface area contributed by atoms with E-state index >= 15 is 0 Å². The van der Waals surface area contributed by atoms with Gasteiger partial charge in [-0.05, 0) is 24.6 Å². The third-order valence-electron chi connectivity index (χ3n) is 2.99. The van der Waals surface area contributed by atoms with Crippen molar-refractivity contribution in [2.45, 2.75) is 25.5 Å². The van der Waals surface area contributed by atoms with Crippen LogP contribution in [0.4, 0.5) is 0 Å². The molecule has 1 aliphatic rings. The van der Waals surface area contributed by atoms with E-state index in [-0.39, 0.29) is 6.61 Å². The number of hydrogen-bond donors (Lipinski definition) is 3. The van der Waals surface area contributed by atoms with Gasteiger partial charge >= 0.3 is 0 Å². The van der Waals surface area contributed by atoms with E-state index < -0.39 is 5.60 Å². The van der Waals surface area contributed by atoms with Crippen molar-refractivity contribution in [2.75, 3.05) is 26.4 Å². The maximum atomic E-state index is 9.67.